The molecule has 5 heteroatoms. The average molecular weight is 465 g/mol. The molecule has 0 aromatic heterocycles. The van der Waals surface area contributed by atoms with Crippen molar-refractivity contribution in [2.24, 2.45) is 10.9 Å². The molecule has 1 fully saturated rings. The number of hydrogen-bond acceptors (Lipinski definition) is 2. The average Bonchev–Trinajstić information content (AvgIpc) is 3.20. The lowest BCUT2D eigenvalue weighted by molar-refractivity contribution is 0.186. The predicted octanol–water partition coefficient (Wildman–Crippen LogP) is 3.64. The number of rotatable bonds is 6. The molecule has 2 N–H and O–H groups in total. The zero-order chi connectivity index (χ0) is 17.3. The van der Waals surface area contributed by atoms with E-state index < -0.39 is 0 Å². The highest BCUT2D eigenvalue weighted by molar-refractivity contribution is 14.0. The Kier molecular flexibility index (Phi) is 8.91. The number of nitrogens with one attached hydrogen (secondary N) is 2. The van der Waals surface area contributed by atoms with Crippen molar-refractivity contribution in [3.63, 3.8) is 0 Å². The van der Waals surface area contributed by atoms with Gasteiger partial charge in [0.15, 0.2) is 5.96 Å². The van der Waals surface area contributed by atoms with Gasteiger partial charge in [0.2, 0.25) is 0 Å². The van der Waals surface area contributed by atoms with Crippen LogP contribution in [0.15, 0.2) is 65.7 Å². The van der Waals surface area contributed by atoms with Gasteiger partial charge < -0.3 is 15.4 Å². The minimum Gasteiger partial charge on any atom is -0.381 e. The van der Waals surface area contributed by atoms with Gasteiger partial charge in [0.25, 0.3) is 0 Å². The molecule has 1 saturated heterocycles. The Hall–Kier alpha value is -1.60. The van der Waals surface area contributed by atoms with Crippen LogP contribution >= 0.6 is 24.0 Å². The highest BCUT2D eigenvalue weighted by Crippen LogP contribution is 2.23. The Morgan fingerprint density at radius 3 is 2.15 bits per heavy atom. The van der Waals surface area contributed by atoms with Gasteiger partial charge in [0.05, 0.1) is 6.61 Å². The molecule has 2 aromatic carbocycles. The molecule has 26 heavy (non-hydrogen) atoms. The number of ether oxygens (including phenoxy) is 1. The molecule has 1 heterocycles. The Balaban J connectivity index is 0.00000243. The van der Waals surface area contributed by atoms with Crippen LogP contribution in [0.25, 0.3) is 0 Å². The molecule has 4 nitrogen and oxygen atoms in total. The first kappa shape index (κ1) is 20.7. The van der Waals surface area contributed by atoms with Gasteiger partial charge in [-0.25, -0.2) is 0 Å². The Morgan fingerprint density at radius 1 is 1.04 bits per heavy atom. The van der Waals surface area contributed by atoms with Crippen LogP contribution in [0.2, 0.25) is 0 Å². The number of benzene rings is 2. The molecule has 0 spiro atoms. The van der Waals surface area contributed by atoms with E-state index in [1.807, 2.05) is 7.05 Å². The van der Waals surface area contributed by atoms with E-state index >= 15 is 0 Å². The molecule has 1 atom stereocenters. The van der Waals surface area contributed by atoms with Crippen molar-refractivity contribution < 1.29 is 4.74 Å². The second kappa shape index (κ2) is 11.2. The van der Waals surface area contributed by atoms with Gasteiger partial charge in [-0.2, -0.15) is 0 Å². The molecular formula is C21H28IN3O. The summed E-state index contributed by atoms with van der Waals surface area (Å²) in [6.45, 7) is 3.43. The standard InChI is InChI=1S/C21H27N3O.HI/c1-22-21(23-14-17-12-13-25-16-17)24-15-20(18-8-4-2-5-9-18)19-10-6-3-7-11-19;/h2-11,17,20H,12-16H2,1H3,(H2,22,23,24);1H. The number of hydrogen-bond donors (Lipinski definition) is 2. The van der Waals surface area contributed by atoms with Crippen molar-refractivity contribution in [1.82, 2.24) is 10.6 Å². The lowest BCUT2D eigenvalue weighted by Gasteiger charge is -2.21. The molecule has 0 saturated carbocycles. The quantitative estimate of drug-likeness (QED) is 0.389. The number of guanidine groups is 1. The van der Waals surface area contributed by atoms with E-state index in [-0.39, 0.29) is 29.9 Å². The molecule has 0 aliphatic carbocycles. The summed E-state index contributed by atoms with van der Waals surface area (Å²) in [6.07, 6.45) is 1.13. The summed E-state index contributed by atoms with van der Waals surface area (Å²) in [5.41, 5.74) is 2.61. The highest BCUT2D eigenvalue weighted by atomic mass is 127. The van der Waals surface area contributed by atoms with Crippen molar-refractivity contribution in [2.45, 2.75) is 12.3 Å². The van der Waals surface area contributed by atoms with Crippen molar-refractivity contribution in [3.8, 4) is 0 Å². The summed E-state index contributed by atoms with van der Waals surface area (Å²) in [5, 5.41) is 6.92. The second-order valence-corrected chi connectivity index (χ2v) is 6.44. The largest absolute Gasteiger partial charge is 0.381 e. The molecule has 0 radical (unpaired) electrons. The third kappa shape index (κ3) is 5.99. The van der Waals surface area contributed by atoms with Crippen molar-refractivity contribution in [2.75, 3.05) is 33.4 Å². The van der Waals surface area contributed by atoms with Gasteiger partial charge in [0.1, 0.15) is 0 Å². The van der Waals surface area contributed by atoms with Crippen LogP contribution in [-0.2, 0) is 4.74 Å². The fraction of sp³-hybridized carbons (Fsp3) is 0.381. The van der Waals surface area contributed by atoms with Gasteiger partial charge in [-0.05, 0) is 17.5 Å². The molecule has 1 aliphatic rings. The summed E-state index contributed by atoms with van der Waals surface area (Å²) >= 11 is 0. The lowest BCUT2D eigenvalue weighted by atomic mass is 9.91. The molecule has 1 unspecified atom stereocenters. The van der Waals surface area contributed by atoms with E-state index in [1.54, 1.807) is 0 Å². The first-order valence-corrected chi connectivity index (χ1v) is 8.99. The Bertz CT molecular complexity index is 618. The topological polar surface area (TPSA) is 45.7 Å². The molecule has 0 amide bonds. The smallest absolute Gasteiger partial charge is 0.191 e. The molecule has 2 aromatic rings. The van der Waals surface area contributed by atoms with Gasteiger partial charge >= 0.3 is 0 Å². The normalized spacial score (nSPS) is 17.0. The van der Waals surface area contributed by atoms with Gasteiger partial charge in [-0.3, -0.25) is 4.99 Å². The van der Waals surface area contributed by atoms with Crippen molar-refractivity contribution in [3.05, 3.63) is 71.8 Å². The van der Waals surface area contributed by atoms with Gasteiger partial charge in [-0.1, -0.05) is 60.7 Å². The SMILES string of the molecule is CN=C(NCC1CCOC1)NCC(c1ccccc1)c1ccccc1.I. The van der Waals surface area contributed by atoms with Gasteiger partial charge in [0, 0.05) is 38.6 Å². The predicted molar refractivity (Wildman–Crippen MR) is 118 cm³/mol. The van der Waals surface area contributed by atoms with E-state index in [9.17, 15) is 0 Å². The van der Waals surface area contributed by atoms with Gasteiger partial charge in [-0.15, -0.1) is 24.0 Å². The summed E-state index contributed by atoms with van der Waals surface area (Å²) in [6, 6.07) is 21.2. The summed E-state index contributed by atoms with van der Waals surface area (Å²) in [7, 11) is 1.82. The molecular weight excluding hydrogens is 437 g/mol. The van der Waals surface area contributed by atoms with Crippen LogP contribution in [0.1, 0.15) is 23.5 Å². The van der Waals surface area contributed by atoms with Crippen molar-refractivity contribution in [1.29, 1.82) is 0 Å². The van der Waals surface area contributed by atoms with E-state index in [4.69, 9.17) is 4.74 Å². The number of halogens is 1. The summed E-state index contributed by atoms with van der Waals surface area (Å²) < 4.78 is 5.44. The third-order valence-corrected chi connectivity index (χ3v) is 4.68. The minimum absolute atomic E-state index is 0. The van der Waals surface area contributed by atoms with E-state index in [0.717, 1.165) is 38.7 Å². The molecule has 3 rings (SSSR count). The fourth-order valence-corrected chi connectivity index (χ4v) is 3.20. The number of nitrogens with zero attached hydrogens (tertiary/aromatic N) is 1. The van der Waals surface area contributed by atoms with Crippen LogP contribution in [0.5, 0.6) is 0 Å². The van der Waals surface area contributed by atoms with E-state index in [2.05, 4.69) is 76.3 Å². The maximum absolute atomic E-state index is 5.44. The highest BCUT2D eigenvalue weighted by Gasteiger charge is 2.17. The van der Waals surface area contributed by atoms with Crippen molar-refractivity contribution >= 4 is 29.9 Å². The first-order valence-electron chi connectivity index (χ1n) is 8.99. The monoisotopic (exact) mass is 465 g/mol. The van der Waals surface area contributed by atoms with Crippen LogP contribution in [0.4, 0.5) is 0 Å². The van der Waals surface area contributed by atoms with Crippen LogP contribution in [0, 0.1) is 5.92 Å². The van der Waals surface area contributed by atoms with Crippen LogP contribution in [0.3, 0.4) is 0 Å². The van der Waals surface area contributed by atoms with E-state index in [0.29, 0.717) is 5.92 Å². The molecule has 1 aliphatic heterocycles. The zero-order valence-corrected chi connectivity index (χ0v) is 17.6. The summed E-state index contributed by atoms with van der Waals surface area (Å²) in [5.74, 6) is 1.72. The third-order valence-electron chi connectivity index (χ3n) is 4.68. The number of aliphatic imine (C=N–C) groups is 1. The second-order valence-electron chi connectivity index (χ2n) is 6.44. The Morgan fingerprint density at radius 2 is 1.65 bits per heavy atom. The molecule has 140 valence electrons. The van der Waals surface area contributed by atoms with E-state index in [1.165, 1.54) is 11.1 Å². The maximum Gasteiger partial charge on any atom is 0.191 e. The Labute approximate surface area is 173 Å². The fourth-order valence-electron chi connectivity index (χ4n) is 3.20. The maximum atomic E-state index is 5.44. The molecule has 0 bridgehead atoms. The summed E-state index contributed by atoms with van der Waals surface area (Å²) in [4.78, 5) is 4.36. The lowest BCUT2D eigenvalue weighted by Crippen LogP contribution is -2.41. The first-order chi connectivity index (χ1) is 12.4. The van der Waals surface area contributed by atoms with Crippen LogP contribution < -0.4 is 10.6 Å². The van der Waals surface area contributed by atoms with Crippen LogP contribution in [-0.4, -0.2) is 39.3 Å². The zero-order valence-electron chi connectivity index (χ0n) is 15.2. The minimum atomic E-state index is 0.